The van der Waals surface area contributed by atoms with E-state index in [2.05, 4.69) is 19.2 Å². The lowest BCUT2D eigenvalue weighted by molar-refractivity contribution is -0.148. The van der Waals surface area contributed by atoms with E-state index in [9.17, 15) is 34.8 Å². The number of phenolic OH excluding ortho intramolecular Hbond substituents is 1. The van der Waals surface area contributed by atoms with Crippen LogP contribution >= 0.6 is 0 Å². The highest BCUT2D eigenvalue weighted by molar-refractivity contribution is 6.24. The molecule has 5 atom stereocenters. The molecule has 7 N–H and O–H groups in total. The Hall–Kier alpha value is -3.41. The van der Waals surface area contributed by atoms with Crippen molar-refractivity contribution in [3.8, 4) is 5.75 Å². The highest BCUT2D eigenvalue weighted by Crippen LogP contribution is 2.53. The van der Waals surface area contributed by atoms with Crippen LogP contribution in [0.4, 0.5) is 5.69 Å². The summed E-state index contributed by atoms with van der Waals surface area (Å²) in [5, 5.41) is 49.2. The number of ketones is 2. The summed E-state index contributed by atoms with van der Waals surface area (Å²) < 4.78 is 0. The smallest absolute Gasteiger partial charge is 0.255 e. The molecule has 0 bridgehead atoms. The number of nitrogens with one attached hydrogen (secondary N) is 1. The molecule has 0 saturated heterocycles. The molecule has 11 nitrogen and oxygen atoms in total. The molecule has 0 spiro atoms. The molecule has 4 aliphatic rings. The number of Topliss-reactive ketones (excluding diaryl/α,β-unsaturated/α-hetero) is 2. The fraction of sp³-hybridized carbons (Fsp3) is 0.567. The number of allylic oxidation sites excluding steroid dienone is 1. The van der Waals surface area contributed by atoms with Crippen molar-refractivity contribution >= 4 is 23.2 Å². The van der Waals surface area contributed by atoms with Crippen LogP contribution in [0.1, 0.15) is 54.6 Å². The van der Waals surface area contributed by atoms with E-state index < -0.39 is 58.0 Å². The Labute approximate surface area is 239 Å². The maximum Gasteiger partial charge on any atom is 0.255 e. The number of carbonyl (C=O) groups excluding carboxylic acids is 3. The number of hydrogen-bond donors (Lipinski definition) is 6. The number of aromatic hydroxyl groups is 1. The molecule has 1 saturated carbocycles. The first-order valence-electron chi connectivity index (χ1n) is 14.0. The van der Waals surface area contributed by atoms with Gasteiger partial charge in [0.15, 0.2) is 11.4 Å². The lowest BCUT2D eigenvalue weighted by Crippen LogP contribution is -2.63. The molecule has 0 heterocycles. The van der Waals surface area contributed by atoms with E-state index in [4.69, 9.17) is 5.73 Å². The Morgan fingerprint density at radius 3 is 2.32 bits per heavy atom. The molecule has 11 heteroatoms. The summed E-state index contributed by atoms with van der Waals surface area (Å²) in [6.07, 6.45) is 2.41. The van der Waals surface area contributed by atoms with Crippen LogP contribution in [-0.4, -0.2) is 88.7 Å². The zero-order valence-electron chi connectivity index (χ0n) is 24.4. The molecule has 1 aromatic rings. The first-order chi connectivity index (χ1) is 19.0. The summed E-state index contributed by atoms with van der Waals surface area (Å²) in [6, 6.07) is 1.11. The van der Waals surface area contributed by atoms with Gasteiger partial charge in [0.1, 0.15) is 22.8 Å². The van der Waals surface area contributed by atoms with Crippen molar-refractivity contribution in [2.24, 2.45) is 23.0 Å². The standard InChI is InChI=1S/C30H40N4O7/c1-29(2)8-7-18(29)32-12-14-11-17(33(3)4)15-9-13-10-16-22(34(5)6)25(37)21(28(31)40)27(39)30(16,41)26(38)19(13)24(36)20(15)23(14)35/h11,13,16,18,22,32,35,37-38,41H,7-10,12H2,1-6H3,(H2,31,40)/t13-,16?,18?,22-,30-/m0/s1. The Balaban J connectivity index is 1.64. The Kier molecular flexibility index (Phi) is 6.79. The third-order valence-corrected chi connectivity index (χ3v) is 9.82. The molecule has 1 amide bonds. The van der Waals surface area contributed by atoms with E-state index in [0.717, 1.165) is 18.5 Å². The fourth-order valence-electron chi connectivity index (χ4n) is 7.36. The third kappa shape index (κ3) is 4.08. The Morgan fingerprint density at radius 1 is 1.15 bits per heavy atom. The quantitative estimate of drug-likeness (QED) is 0.276. The van der Waals surface area contributed by atoms with E-state index in [1.807, 2.05) is 25.1 Å². The molecular weight excluding hydrogens is 528 g/mol. The normalized spacial score (nSPS) is 30.5. The number of hydrogen-bond acceptors (Lipinski definition) is 10. The molecule has 41 heavy (non-hydrogen) atoms. The molecule has 5 rings (SSSR count). The number of nitrogens with zero attached hydrogens (tertiary/aromatic N) is 2. The van der Waals surface area contributed by atoms with Crippen molar-refractivity contribution < 1.29 is 34.8 Å². The van der Waals surface area contributed by atoms with Gasteiger partial charge in [0.25, 0.3) is 5.91 Å². The van der Waals surface area contributed by atoms with E-state index in [0.29, 0.717) is 17.7 Å². The number of aliphatic hydroxyl groups is 3. The van der Waals surface area contributed by atoms with E-state index >= 15 is 0 Å². The molecule has 222 valence electrons. The van der Waals surface area contributed by atoms with Crippen LogP contribution in [0.5, 0.6) is 5.75 Å². The van der Waals surface area contributed by atoms with Crippen LogP contribution in [-0.2, 0) is 22.6 Å². The zero-order valence-corrected chi connectivity index (χ0v) is 24.4. The number of phenols is 1. The Morgan fingerprint density at radius 2 is 1.80 bits per heavy atom. The first-order valence-corrected chi connectivity index (χ1v) is 14.0. The number of rotatable bonds is 6. The van der Waals surface area contributed by atoms with Crippen LogP contribution < -0.4 is 16.0 Å². The molecular formula is C30H40N4O7. The van der Waals surface area contributed by atoms with Gasteiger partial charge in [-0.3, -0.25) is 19.3 Å². The van der Waals surface area contributed by atoms with Crippen molar-refractivity contribution in [2.75, 3.05) is 33.1 Å². The van der Waals surface area contributed by atoms with Crippen LogP contribution in [0.3, 0.4) is 0 Å². The van der Waals surface area contributed by atoms with Crippen molar-refractivity contribution in [1.82, 2.24) is 10.2 Å². The number of benzene rings is 1. The van der Waals surface area contributed by atoms with Crippen molar-refractivity contribution in [3.63, 3.8) is 0 Å². The minimum atomic E-state index is -2.65. The van der Waals surface area contributed by atoms with Gasteiger partial charge in [0.2, 0.25) is 5.78 Å². The molecule has 0 aliphatic heterocycles. The number of carbonyl (C=O) groups is 3. The number of anilines is 1. The van der Waals surface area contributed by atoms with E-state index in [1.54, 1.807) is 14.1 Å². The van der Waals surface area contributed by atoms with Gasteiger partial charge in [-0.1, -0.05) is 13.8 Å². The van der Waals surface area contributed by atoms with Crippen molar-refractivity contribution in [1.29, 1.82) is 0 Å². The van der Waals surface area contributed by atoms with Gasteiger partial charge in [-0.15, -0.1) is 0 Å². The molecule has 0 aromatic heterocycles. The zero-order chi connectivity index (χ0) is 30.3. The van der Waals surface area contributed by atoms with Crippen LogP contribution in [0, 0.1) is 17.3 Å². The summed E-state index contributed by atoms with van der Waals surface area (Å²) in [7, 11) is 6.91. The monoisotopic (exact) mass is 568 g/mol. The second kappa shape index (κ2) is 9.57. The van der Waals surface area contributed by atoms with Crippen LogP contribution in [0.25, 0.3) is 0 Å². The molecule has 4 aliphatic carbocycles. The van der Waals surface area contributed by atoms with Crippen molar-refractivity contribution in [3.05, 3.63) is 45.4 Å². The summed E-state index contributed by atoms with van der Waals surface area (Å²) in [6.45, 7) is 4.69. The third-order valence-electron chi connectivity index (χ3n) is 9.82. The van der Waals surface area contributed by atoms with Gasteiger partial charge < -0.3 is 36.4 Å². The van der Waals surface area contributed by atoms with Gasteiger partial charge in [-0.2, -0.15) is 0 Å². The topological polar surface area (TPSA) is 177 Å². The maximum absolute atomic E-state index is 14.1. The van der Waals surface area contributed by atoms with Crippen LogP contribution in [0.2, 0.25) is 0 Å². The summed E-state index contributed by atoms with van der Waals surface area (Å²) in [5.41, 5.74) is 3.82. The van der Waals surface area contributed by atoms with E-state index in [-0.39, 0.29) is 41.2 Å². The van der Waals surface area contributed by atoms with Crippen LogP contribution in [0.15, 0.2) is 28.7 Å². The van der Waals surface area contributed by atoms with Gasteiger partial charge in [0, 0.05) is 49.4 Å². The number of fused-ring (bicyclic) bond motifs is 3. The molecule has 1 fully saturated rings. The number of amides is 1. The highest BCUT2D eigenvalue weighted by Gasteiger charge is 2.63. The number of likely N-dealkylation sites (N-methyl/N-ethyl adjacent to an activating group) is 1. The highest BCUT2D eigenvalue weighted by atomic mass is 16.3. The Bertz CT molecular complexity index is 1430. The minimum Gasteiger partial charge on any atom is -0.510 e. The lowest BCUT2D eigenvalue weighted by Gasteiger charge is -2.50. The van der Waals surface area contributed by atoms with Crippen molar-refractivity contribution in [2.45, 2.75) is 63.8 Å². The molecule has 1 aromatic carbocycles. The van der Waals surface area contributed by atoms with Gasteiger partial charge in [-0.25, -0.2) is 0 Å². The van der Waals surface area contributed by atoms with Gasteiger partial charge >= 0.3 is 0 Å². The predicted molar refractivity (Wildman–Crippen MR) is 152 cm³/mol. The second-order valence-corrected chi connectivity index (χ2v) is 13.1. The summed E-state index contributed by atoms with van der Waals surface area (Å²) in [4.78, 5) is 43.2. The second-order valence-electron chi connectivity index (χ2n) is 13.1. The number of nitrogens with two attached hydrogens (primary N) is 1. The van der Waals surface area contributed by atoms with Gasteiger partial charge in [-0.05, 0) is 62.7 Å². The lowest BCUT2D eigenvalue weighted by atomic mass is 9.58. The molecule has 2 unspecified atom stereocenters. The predicted octanol–water partition coefficient (Wildman–Crippen LogP) is 1.46. The van der Waals surface area contributed by atoms with E-state index in [1.165, 1.54) is 4.90 Å². The van der Waals surface area contributed by atoms with Gasteiger partial charge in [0.05, 0.1) is 11.6 Å². The summed E-state index contributed by atoms with van der Waals surface area (Å²) >= 11 is 0. The first kappa shape index (κ1) is 29.1. The summed E-state index contributed by atoms with van der Waals surface area (Å²) in [5.74, 6) is -6.48. The largest absolute Gasteiger partial charge is 0.510 e. The molecule has 0 radical (unpaired) electrons. The average Bonchev–Trinajstić information content (AvgIpc) is 2.86. The number of aliphatic hydroxyl groups excluding tert-OH is 2. The SMILES string of the molecule is CN(C)c1cc(CNC2CCC2(C)C)c(O)c2c1C[C@H]1CC3[C@H](N(C)C)C(O)=C(C(N)=O)C(=O)[C@@]3(O)C(O)=C1C2=O. The minimum absolute atomic E-state index is 0.0293. The average molecular weight is 569 g/mol. The fourth-order valence-corrected chi connectivity index (χ4v) is 7.36. The maximum atomic E-state index is 14.1. The number of primary amides is 1.